The van der Waals surface area contributed by atoms with Gasteiger partial charge in [0.25, 0.3) is 0 Å². The average molecular weight is 1550 g/mol. The first-order chi connectivity index (χ1) is 38.5. The minimum absolute atomic E-state index is 0. The van der Waals surface area contributed by atoms with E-state index in [1.807, 2.05) is 107 Å². The third kappa shape index (κ3) is 1060. The summed E-state index contributed by atoms with van der Waals surface area (Å²) >= 11 is 0. The minimum atomic E-state index is -2.91. The van der Waals surface area contributed by atoms with Crippen molar-refractivity contribution >= 4 is 98.8 Å². The number of methoxy groups -OCH3 is 1. The Bertz CT molecular complexity index is 2010. The largest absolute Gasteiger partial charge is 0.469 e. The quantitative estimate of drug-likeness (QED) is 0.241. The standard InChI is InChI=1S/C4H9NO.2C3H9NO2S.C3H7NO.2C3H9N.2C3H8O2S.C3H6O2.2C3H6O.2C3H8.C2H7NO2S.2C2H6O2S.4C2H6.7CH4/c1-4(6)5(2)3;2*1-4(2)7(3,5)6;1-3(5)4-2;2*1-4(2)3;2*1-3-6(2,4)5;1-3(4)5-2;2*1-3(2)4;2*1-3-2;1-3-6(2,4)5;2*1-5(2,3)4;4*1-2;;;;;;;/h1-3H3;2*1-3H3;1-2H3,(H,4,5);2*1-3H3;2*3H2,1-2H3;1-2H3;2*1-2H3;2*3H2,1-2H3;3H,1-2H3;2*1-2H3;4*1-2H3;7*1H4. The van der Waals surface area contributed by atoms with Crippen LogP contribution in [0.25, 0.3) is 0 Å². The van der Waals surface area contributed by atoms with Crippen molar-refractivity contribution in [1.82, 2.24) is 33.3 Å². The van der Waals surface area contributed by atoms with Gasteiger partial charge in [0.15, 0.2) is 0 Å². The van der Waals surface area contributed by atoms with Gasteiger partial charge < -0.3 is 34.3 Å². The SMILES string of the molecule is C.C.C.C.C.C.C.CC.CC.CC.CC.CC(=O)N(C)C.CC(C)=O.CC(C)=O.CCC.CCC.CCS(C)(=O)=O.CCS(C)(=O)=O.CN(C)C.CN(C)C.CN(C)S(C)(=O)=O.CN(C)S(C)(=O)=O.CNC(C)=O.CNS(C)(=O)=O.COC(C)=O.CS(C)(=O)=O.CS(C)(=O)=O. The lowest BCUT2D eigenvalue weighted by atomic mass is 10.6. The maximum absolute atomic E-state index is 10.3. The number of hydrogen-bond donors (Lipinski definition) is 2. The van der Waals surface area contributed by atoms with Gasteiger partial charge in [-0.15, -0.1) is 0 Å². The van der Waals surface area contributed by atoms with Gasteiger partial charge in [0.1, 0.15) is 50.9 Å². The molecule has 0 heterocycles. The molecule has 0 saturated heterocycles. The van der Waals surface area contributed by atoms with E-state index in [1.54, 1.807) is 35.0 Å². The molecule has 2 amide bonds. The van der Waals surface area contributed by atoms with Crippen molar-refractivity contribution in [2.45, 2.75) is 210 Å². The summed E-state index contributed by atoms with van der Waals surface area (Å²) in [6.45, 7) is 38.2. The van der Waals surface area contributed by atoms with Gasteiger partial charge in [0.05, 0.1) is 25.9 Å². The lowest BCUT2D eigenvalue weighted by molar-refractivity contribution is -0.138. The molecule has 95 heavy (non-hydrogen) atoms. The van der Waals surface area contributed by atoms with Crippen LogP contribution in [0.1, 0.15) is 210 Å². The number of carbonyl (C=O) groups is 5. The lowest BCUT2D eigenvalue weighted by Gasteiger charge is -2.02. The van der Waals surface area contributed by atoms with Crippen LogP contribution in [0.5, 0.6) is 0 Å². The van der Waals surface area contributed by atoms with Crippen LogP contribution < -0.4 is 10.0 Å². The molecule has 0 spiro atoms. The number of carbonyl (C=O) groups excluding carboxylic acids is 5. The van der Waals surface area contributed by atoms with Gasteiger partial charge in [-0.2, -0.15) is 0 Å². The second-order valence-electron chi connectivity index (χ2n) is 17.6. The number of ether oxygens (including phenoxy) is 1. The summed E-state index contributed by atoms with van der Waals surface area (Å²) in [6, 6.07) is 0. The first-order valence-corrected chi connectivity index (χ1v) is 41.7. The van der Waals surface area contributed by atoms with Crippen LogP contribution in [0.4, 0.5) is 0 Å². The van der Waals surface area contributed by atoms with E-state index in [2.05, 4.69) is 42.5 Å². The molecule has 0 rings (SSSR count). The van der Waals surface area contributed by atoms with Crippen LogP contribution in [0.2, 0.25) is 0 Å². The number of sulfonamides is 3. The Morgan fingerprint density at radius 2 is 0.421 bits per heavy atom. The van der Waals surface area contributed by atoms with Crippen LogP contribution >= 0.6 is 0 Å². The molecule has 0 aromatic heterocycles. The molecule has 34 heteroatoms. The zero-order valence-electron chi connectivity index (χ0n) is 64.6. The normalized spacial score (nSPS) is 8.43. The fraction of sp³-hybridized carbons (Fsp3) is 0.918. The number of ketones is 2. The highest BCUT2D eigenvalue weighted by Crippen LogP contribution is 1.84. The first kappa shape index (κ1) is 180. The maximum atomic E-state index is 10.3. The Kier molecular flexibility index (Phi) is 243. The van der Waals surface area contributed by atoms with Gasteiger partial charge in [-0.25, -0.2) is 72.3 Å². The van der Waals surface area contributed by atoms with Crippen molar-refractivity contribution in [1.29, 1.82) is 0 Å². The van der Waals surface area contributed by atoms with E-state index in [0.717, 1.165) is 52.4 Å². The van der Waals surface area contributed by atoms with E-state index in [9.17, 15) is 82.9 Å². The Labute approximate surface area is 599 Å². The predicted octanol–water partition coefficient (Wildman–Crippen LogP) is 10.6. The molecule has 0 radical (unpaired) electrons. The lowest BCUT2D eigenvalue weighted by Crippen LogP contribution is -2.19. The van der Waals surface area contributed by atoms with Gasteiger partial charge in [0, 0.05) is 119 Å². The fourth-order valence-corrected chi connectivity index (χ4v) is 0. The first-order valence-electron chi connectivity index (χ1n) is 27.4. The number of nitrogens with zero attached hydrogens (tertiary/aromatic N) is 5. The molecular formula is C61H173N7O20S7. The van der Waals surface area contributed by atoms with E-state index in [-0.39, 0.29) is 92.8 Å². The van der Waals surface area contributed by atoms with Gasteiger partial charge >= 0.3 is 5.97 Å². The van der Waals surface area contributed by atoms with Gasteiger partial charge in [-0.3, -0.25) is 14.4 Å². The number of rotatable bonds is 5. The van der Waals surface area contributed by atoms with E-state index in [1.165, 1.54) is 121 Å². The molecule has 0 aromatic rings. The van der Waals surface area contributed by atoms with Crippen LogP contribution in [0, 0.1) is 0 Å². The van der Waals surface area contributed by atoms with Crippen molar-refractivity contribution in [3.8, 4) is 0 Å². The number of esters is 1. The number of amides is 2. The van der Waals surface area contributed by atoms with Crippen LogP contribution in [0.3, 0.4) is 0 Å². The molecular weight excluding hydrogens is 1380 g/mol. The summed E-state index contributed by atoms with van der Waals surface area (Å²) in [5, 5.41) is 2.39. The fourth-order valence-electron chi connectivity index (χ4n) is 0. The van der Waals surface area contributed by atoms with Gasteiger partial charge in [-0.05, 0) is 77.0 Å². The highest BCUT2D eigenvalue weighted by molar-refractivity contribution is 7.91. The molecule has 27 nitrogen and oxygen atoms in total. The summed E-state index contributed by atoms with van der Waals surface area (Å²) < 4.78 is 148. The van der Waals surface area contributed by atoms with E-state index < -0.39 is 69.4 Å². The molecule has 0 aliphatic rings. The van der Waals surface area contributed by atoms with Crippen molar-refractivity contribution in [2.75, 3.05) is 174 Å². The van der Waals surface area contributed by atoms with Crippen LogP contribution in [-0.4, -0.2) is 285 Å². The molecule has 0 saturated carbocycles. The monoisotopic (exact) mass is 1550 g/mol. The maximum Gasteiger partial charge on any atom is 0.302 e. The molecule has 0 atom stereocenters. The van der Waals surface area contributed by atoms with Crippen molar-refractivity contribution in [2.24, 2.45) is 0 Å². The summed E-state index contributed by atoms with van der Waals surface area (Å²) in [4.78, 5) is 53.8. The second-order valence-corrected chi connectivity index (χ2v) is 33.4. The molecule has 0 aliphatic heterocycles. The third-order valence-electron chi connectivity index (χ3n) is 4.02. The van der Waals surface area contributed by atoms with E-state index in [0.29, 0.717) is 0 Å². The van der Waals surface area contributed by atoms with E-state index in [4.69, 9.17) is 0 Å². The number of hydrogen-bond acceptors (Lipinski definition) is 22. The van der Waals surface area contributed by atoms with Gasteiger partial charge in [-0.1, -0.05) is 162 Å². The van der Waals surface area contributed by atoms with Gasteiger partial charge in [0.2, 0.25) is 41.9 Å². The Morgan fingerprint density at radius 1 is 0.358 bits per heavy atom. The Balaban J connectivity index is -0.0000000206. The van der Waals surface area contributed by atoms with Crippen molar-refractivity contribution in [3.05, 3.63) is 0 Å². The van der Waals surface area contributed by atoms with Crippen molar-refractivity contribution in [3.63, 3.8) is 0 Å². The molecule has 0 bridgehead atoms. The summed E-state index contributed by atoms with van der Waals surface area (Å²) in [6.07, 6.45) is 13.0. The molecule has 0 aliphatic carbocycles. The molecule has 0 aromatic carbocycles. The highest BCUT2D eigenvalue weighted by Gasteiger charge is 2.01. The molecule has 0 fully saturated rings. The minimum Gasteiger partial charge on any atom is -0.469 e. The number of Topliss-reactive ketones (excluding diaryl/α,β-unsaturated/α-hetero) is 2. The van der Waals surface area contributed by atoms with Crippen LogP contribution in [0.15, 0.2) is 0 Å². The Morgan fingerprint density at radius 3 is 0.421 bits per heavy atom. The van der Waals surface area contributed by atoms with Crippen LogP contribution in [-0.2, 0) is 98.1 Å². The zero-order chi connectivity index (χ0) is 78.2. The predicted molar refractivity (Wildman–Crippen MR) is 431 cm³/mol. The summed E-state index contributed by atoms with van der Waals surface area (Å²) in [7, 11) is 6.37. The number of sulfone groups is 4. The highest BCUT2D eigenvalue weighted by atomic mass is 32.2. The third-order valence-corrected chi connectivity index (χ3v) is 9.51. The summed E-state index contributed by atoms with van der Waals surface area (Å²) in [5.74, 6) is 0.671. The molecule has 2 N–H and O–H groups in total. The average Bonchev–Trinajstić information content (AvgIpc) is 3.30. The smallest absolute Gasteiger partial charge is 0.302 e. The van der Waals surface area contributed by atoms with E-state index >= 15 is 0 Å². The zero-order valence-corrected chi connectivity index (χ0v) is 70.3. The summed E-state index contributed by atoms with van der Waals surface area (Å²) in [5.41, 5.74) is 0. The Hall–Kier alpha value is -2.80. The molecule has 0 unspecified atom stereocenters. The topological polar surface area (TPSA) is 374 Å². The second kappa shape index (κ2) is 128. The molecule has 614 valence electrons. The number of nitrogens with one attached hydrogen (secondary N) is 2. The van der Waals surface area contributed by atoms with Crippen molar-refractivity contribution < 1.29 is 87.6 Å².